The first kappa shape index (κ1) is 8.21. The Morgan fingerprint density at radius 1 is 1.33 bits per heavy atom. The van der Waals surface area contributed by atoms with Crippen LogP contribution in [0, 0.1) is 11.7 Å². The van der Waals surface area contributed by atoms with Crippen molar-refractivity contribution in [2.24, 2.45) is 5.92 Å². The highest BCUT2D eigenvalue weighted by molar-refractivity contribution is 5.46. The van der Waals surface area contributed by atoms with Crippen molar-refractivity contribution in [3.05, 3.63) is 53.7 Å². The van der Waals surface area contributed by atoms with Crippen molar-refractivity contribution in [1.29, 1.82) is 0 Å². The van der Waals surface area contributed by atoms with Crippen molar-refractivity contribution in [3.8, 4) is 17.2 Å². The van der Waals surface area contributed by atoms with Crippen LogP contribution in [-0.2, 0) is 0 Å². The summed E-state index contributed by atoms with van der Waals surface area (Å²) in [4.78, 5) is 0. The number of fused-ring (bicyclic) bond motifs is 1. The monoisotopic (exact) mass is 338 g/mol. The number of hydrogen-bond donors (Lipinski definition) is 1. The quantitative estimate of drug-likeness (QED) is 0.928. The maximum atomic E-state index is 14.1. The third-order valence-electron chi connectivity index (χ3n) is 3.79. The number of halogens is 1. The van der Waals surface area contributed by atoms with Crippen molar-refractivity contribution >= 4 is 0 Å². The number of benzene rings is 2. The number of rotatable bonds is 4. The Balaban J connectivity index is 1.72. The van der Waals surface area contributed by atoms with Gasteiger partial charge in [0.15, 0.2) is 11.5 Å². The summed E-state index contributed by atoms with van der Waals surface area (Å²) in [6.07, 6.45) is -0.0653. The minimum absolute atomic E-state index is 0.00493. The summed E-state index contributed by atoms with van der Waals surface area (Å²) in [7, 11) is 0. The lowest BCUT2D eigenvalue weighted by atomic mass is 9.81. The molecule has 0 bridgehead atoms. The lowest BCUT2D eigenvalue weighted by Crippen LogP contribution is -2.38. The normalized spacial score (nSPS) is 33.5. The molecule has 0 radical (unpaired) electrons. The fourth-order valence-electron chi connectivity index (χ4n) is 2.60. The molecule has 2 aromatic rings. The molecule has 126 valence electrons. The van der Waals surface area contributed by atoms with Gasteiger partial charge in [0, 0.05) is 19.9 Å². The van der Waals surface area contributed by atoms with Gasteiger partial charge < -0.3 is 19.5 Å². The third kappa shape index (κ3) is 3.17. The standard InChI is InChI=1S/C19H20FNO3/c20-15-3-1-13(2-4-15)17-7-8-21-10-14(17)11-22-16-5-6-18-19(9-16)24-12-23-18/h1-6,9,14,17,21H,7-8,10-12H2/t14-,17?/m0/s1/i1D,2D,3D,4D,11D2,12D2,17D. The Kier molecular flexibility index (Phi) is 2.29. The molecular formula is C19H20FNO3. The Bertz CT molecular complexity index is 1090. The molecule has 1 fully saturated rings. The van der Waals surface area contributed by atoms with E-state index in [-0.39, 0.29) is 36.8 Å². The molecule has 1 saturated heterocycles. The minimum atomic E-state index is -2.56. The van der Waals surface area contributed by atoms with E-state index < -0.39 is 60.7 Å². The molecule has 2 aromatic carbocycles. The summed E-state index contributed by atoms with van der Waals surface area (Å²) in [5.74, 6) is -4.53. The zero-order valence-electron chi connectivity index (χ0n) is 21.5. The van der Waals surface area contributed by atoms with Crippen LogP contribution in [-0.4, -0.2) is 26.4 Å². The van der Waals surface area contributed by atoms with E-state index in [1.165, 1.54) is 18.2 Å². The average molecular weight is 338 g/mol. The number of ether oxygens (including phenoxy) is 3. The number of hydrogen-bond acceptors (Lipinski definition) is 4. The van der Waals surface area contributed by atoms with Gasteiger partial charge in [-0.15, -0.1) is 0 Å². The Hall–Kier alpha value is -2.27. The van der Waals surface area contributed by atoms with E-state index in [0.717, 1.165) is 0 Å². The predicted octanol–water partition coefficient (Wildman–Crippen LogP) is 3.33. The molecule has 5 heteroatoms. The molecular weight excluding hydrogens is 309 g/mol. The van der Waals surface area contributed by atoms with Crippen LogP contribution < -0.4 is 19.5 Å². The highest BCUT2D eigenvalue weighted by atomic mass is 19.1. The van der Waals surface area contributed by atoms with Gasteiger partial charge in [-0.2, -0.15) is 0 Å². The largest absolute Gasteiger partial charge is 0.493 e. The highest BCUT2D eigenvalue weighted by Crippen LogP contribution is 2.36. The second-order valence-corrected chi connectivity index (χ2v) is 5.34. The van der Waals surface area contributed by atoms with Crippen LogP contribution in [0.4, 0.5) is 4.39 Å². The molecule has 1 N–H and O–H groups in total. The van der Waals surface area contributed by atoms with Gasteiger partial charge in [-0.05, 0) is 48.6 Å². The van der Waals surface area contributed by atoms with Gasteiger partial charge in [-0.1, -0.05) is 12.1 Å². The summed E-state index contributed by atoms with van der Waals surface area (Å²) in [6.45, 7) is -4.77. The molecule has 2 heterocycles. The molecule has 24 heavy (non-hydrogen) atoms. The average Bonchev–Trinajstić information content (AvgIpc) is 3.03. The van der Waals surface area contributed by atoms with E-state index in [1.54, 1.807) is 0 Å². The molecule has 0 spiro atoms. The number of nitrogens with one attached hydrogen (secondary N) is 1. The molecule has 2 aliphatic rings. The molecule has 2 aliphatic heterocycles. The lowest BCUT2D eigenvalue weighted by Gasteiger charge is -2.32. The summed E-state index contributed by atoms with van der Waals surface area (Å²) in [5, 5.41) is 2.96. The Morgan fingerprint density at radius 2 is 2.17 bits per heavy atom. The molecule has 0 aliphatic carbocycles. The first-order valence-electron chi connectivity index (χ1n) is 11.9. The first-order valence-corrected chi connectivity index (χ1v) is 7.45. The van der Waals surface area contributed by atoms with Crippen LogP contribution in [0.15, 0.2) is 42.4 Å². The molecule has 1 unspecified atom stereocenters. The summed E-state index contributed by atoms with van der Waals surface area (Å²) < 4.78 is 103. The Labute approximate surface area is 153 Å². The van der Waals surface area contributed by atoms with E-state index in [0.29, 0.717) is 0 Å². The van der Waals surface area contributed by atoms with Crippen LogP contribution in [0.25, 0.3) is 0 Å². The van der Waals surface area contributed by atoms with Crippen LogP contribution in [0.2, 0.25) is 0 Å². The number of piperidine rings is 1. The smallest absolute Gasteiger partial charge is 0.231 e. The van der Waals surface area contributed by atoms with Crippen molar-refractivity contribution in [3.63, 3.8) is 0 Å². The van der Waals surface area contributed by atoms with Gasteiger partial charge in [-0.25, -0.2) is 4.39 Å². The zero-order valence-corrected chi connectivity index (χ0v) is 12.5. The van der Waals surface area contributed by atoms with E-state index in [9.17, 15) is 4.39 Å². The van der Waals surface area contributed by atoms with Gasteiger partial charge in [0.2, 0.25) is 6.75 Å². The SMILES string of the molecule is [2H]c1c([2H])c(C2([2H])CCNC[C@H]2C([2H])([2H])Oc2ccc3c(c2)OC([2H])([2H])O3)c([2H])c([2H])c1F. The second-order valence-electron chi connectivity index (χ2n) is 5.34. The molecule has 4 rings (SSSR count). The maximum Gasteiger partial charge on any atom is 0.231 e. The third-order valence-corrected chi connectivity index (χ3v) is 3.79. The minimum Gasteiger partial charge on any atom is -0.493 e. The molecule has 0 saturated carbocycles. The van der Waals surface area contributed by atoms with Crippen LogP contribution >= 0.6 is 0 Å². The van der Waals surface area contributed by atoms with Gasteiger partial charge in [0.05, 0.1) is 14.8 Å². The summed E-state index contributed by atoms with van der Waals surface area (Å²) >= 11 is 0. The van der Waals surface area contributed by atoms with Crippen molar-refractivity contribution < 1.29 is 30.9 Å². The summed E-state index contributed by atoms with van der Waals surface area (Å²) in [6, 6.07) is 0.654. The second kappa shape index (κ2) is 6.69. The fourth-order valence-corrected chi connectivity index (χ4v) is 2.60. The summed E-state index contributed by atoms with van der Waals surface area (Å²) in [5.41, 5.74) is -0.392. The Morgan fingerprint density at radius 3 is 3.04 bits per heavy atom. The zero-order chi connectivity index (χ0) is 24.3. The van der Waals surface area contributed by atoms with Crippen molar-refractivity contribution in [2.45, 2.75) is 12.3 Å². The molecule has 0 aromatic heterocycles. The molecule has 0 amide bonds. The van der Waals surface area contributed by atoms with Crippen molar-refractivity contribution in [1.82, 2.24) is 5.32 Å². The van der Waals surface area contributed by atoms with Crippen molar-refractivity contribution in [2.75, 3.05) is 26.4 Å². The highest BCUT2D eigenvalue weighted by Gasteiger charge is 2.27. The first-order chi connectivity index (χ1) is 15.3. The van der Waals surface area contributed by atoms with E-state index in [1.807, 2.05) is 0 Å². The van der Waals surface area contributed by atoms with Crippen LogP contribution in [0.1, 0.15) is 30.2 Å². The fraction of sp³-hybridized carbons (Fsp3) is 0.368. The van der Waals surface area contributed by atoms with Gasteiger partial charge in [0.25, 0.3) is 0 Å². The predicted molar refractivity (Wildman–Crippen MR) is 88.2 cm³/mol. The van der Waals surface area contributed by atoms with Crippen LogP contribution in [0.5, 0.6) is 17.2 Å². The van der Waals surface area contributed by atoms with Crippen LogP contribution in [0.3, 0.4) is 0 Å². The molecule has 4 nitrogen and oxygen atoms in total. The van der Waals surface area contributed by atoms with E-state index >= 15 is 0 Å². The van der Waals surface area contributed by atoms with E-state index in [2.05, 4.69) is 5.32 Å². The maximum absolute atomic E-state index is 14.1. The van der Waals surface area contributed by atoms with Gasteiger partial charge in [-0.3, -0.25) is 0 Å². The van der Waals surface area contributed by atoms with Gasteiger partial charge >= 0.3 is 0 Å². The lowest BCUT2D eigenvalue weighted by molar-refractivity contribution is 0.173. The topological polar surface area (TPSA) is 39.7 Å². The van der Waals surface area contributed by atoms with E-state index in [4.69, 9.17) is 26.5 Å². The molecule has 2 atom stereocenters. The van der Waals surface area contributed by atoms with Gasteiger partial charge in [0.1, 0.15) is 14.3 Å².